The zero-order valence-electron chi connectivity index (χ0n) is 12.6. The molecular formula is C17H18ClNO3. The molecule has 0 atom stereocenters. The Hall–Kier alpha value is -2.20. The standard InChI is InChI=1S/C17H18ClNO3/c1-21-14-7-8-15(17(11-14)22-2)19-10-9-16(20)12-3-5-13(18)6-4-12/h3-8,11,19H,9-10H2,1-2H3. The fourth-order valence-electron chi connectivity index (χ4n) is 2.04. The summed E-state index contributed by atoms with van der Waals surface area (Å²) in [5.41, 5.74) is 1.49. The predicted octanol–water partition coefficient (Wildman–Crippen LogP) is 4.04. The van der Waals surface area contributed by atoms with E-state index in [1.807, 2.05) is 12.1 Å². The first-order valence-corrected chi connectivity index (χ1v) is 7.26. The van der Waals surface area contributed by atoms with E-state index < -0.39 is 0 Å². The fraction of sp³-hybridized carbons (Fsp3) is 0.235. The molecule has 2 aromatic carbocycles. The average Bonchev–Trinajstić information content (AvgIpc) is 2.55. The van der Waals surface area contributed by atoms with E-state index in [4.69, 9.17) is 21.1 Å². The number of hydrogen-bond acceptors (Lipinski definition) is 4. The SMILES string of the molecule is COc1ccc(NCCC(=O)c2ccc(Cl)cc2)c(OC)c1. The minimum absolute atomic E-state index is 0.0663. The summed E-state index contributed by atoms with van der Waals surface area (Å²) in [6.07, 6.45) is 0.386. The number of hydrogen-bond donors (Lipinski definition) is 1. The van der Waals surface area contributed by atoms with E-state index in [-0.39, 0.29) is 5.78 Å². The summed E-state index contributed by atoms with van der Waals surface area (Å²) in [6.45, 7) is 0.518. The number of methoxy groups -OCH3 is 2. The zero-order valence-corrected chi connectivity index (χ0v) is 13.3. The third-order valence-electron chi connectivity index (χ3n) is 3.24. The van der Waals surface area contributed by atoms with Gasteiger partial charge >= 0.3 is 0 Å². The van der Waals surface area contributed by atoms with Crippen molar-refractivity contribution in [3.63, 3.8) is 0 Å². The highest BCUT2D eigenvalue weighted by Gasteiger charge is 2.08. The van der Waals surface area contributed by atoms with Crippen molar-refractivity contribution < 1.29 is 14.3 Å². The van der Waals surface area contributed by atoms with Crippen LogP contribution in [0.15, 0.2) is 42.5 Å². The molecule has 5 heteroatoms. The third kappa shape index (κ3) is 4.15. The van der Waals surface area contributed by atoms with Crippen LogP contribution >= 0.6 is 11.6 Å². The van der Waals surface area contributed by atoms with E-state index in [0.717, 1.165) is 11.4 Å². The van der Waals surface area contributed by atoms with Crippen LogP contribution in [0.5, 0.6) is 11.5 Å². The lowest BCUT2D eigenvalue weighted by Crippen LogP contribution is -2.09. The lowest BCUT2D eigenvalue weighted by Gasteiger charge is -2.12. The predicted molar refractivity (Wildman–Crippen MR) is 88.4 cm³/mol. The van der Waals surface area contributed by atoms with Crippen LogP contribution in [0.2, 0.25) is 5.02 Å². The Kier molecular flexibility index (Phi) is 5.67. The third-order valence-corrected chi connectivity index (χ3v) is 3.49. The lowest BCUT2D eigenvalue weighted by molar-refractivity contribution is 0.0986. The first kappa shape index (κ1) is 16.2. The van der Waals surface area contributed by atoms with Crippen molar-refractivity contribution in [1.29, 1.82) is 0 Å². The van der Waals surface area contributed by atoms with Crippen molar-refractivity contribution in [2.75, 3.05) is 26.1 Å². The van der Waals surface area contributed by atoms with Crippen molar-refractivity contribution in [1.82, 2.24) is 0 Å². The number of rotatable bonds is 7. The molecule has 0 saturated carbocycles. The van der Waals surface area contributed by atoms with Gasteiger partial charge in [0.05, 0.1) is 19.9 Å². The second kappa shape index (κ2) is 7.71. The van der Waals surface area contributed by atoms with E-state index in [0.29, 0.717) is 29.3 Å². The Morgan fingerprint density at radius 1 is 1.09 bits per heavy atom. The summed E-state index contributed by atoms with van der Waals surface area (Å²) in [5, 5.41) is 3.82. The fourth-order valence-corrected chi connectivity index (χ4v) is 2.16. The maximum absolute atomic E-state index is 12.1. The number of carbonyl (C=O) groups is 1. The van der Waals surface area contributed by atoms with Crippen molar-refractivity contribution in [2.24, 2.45) is 0 Å². The molecule has 0 unspecified atom stereocenters. The van der Waals surface area contributed by atoms with E-state index in [1.165, 1.54) is 0 Å². The number of ether oxygens (including phenoxy) is 2. The van der Waals surface area contributed by atoms with Gasteiger partial charge in [-0.3, -0.25) is 4.79 Å². The van der Waals surface area contributed by atoms with Crippen LogP contribution in [0.4, 0.5) is 5.69 Å². The maximum atomic E-state index is 12.1. The molecule has 4 nitrogen and oxygen atoms in total. The first-order valence-electron chi connectivity index (χ1n) is 6.88. The molecule has 116 valence electrons. The van der Waals surface area contributed by atoms with E-state index in [2.05, 4.69) is 5.32 Å². The second-order valence-electron chi connectivity index (χ2n) is 4.67. The quantitative estimate of drug-likeness (QED) is 0.782. The summed E-state index contributed by atoms with van der Waals surface area (Å²) < 4.78 is 10.5. The van der Waals surface area contributed by atoms with Crippen LogP contribution in [0.1, 0.15) is 16.8 Å². The number of carbonyl (C=O) groups excluding carboxylic acids is 1. The van der Waals surface area contributed by atoms with Crippen molar-refractivity contribution >= 4 is 23.1 Å². The molecule has 0 aliphatic rings. The van der Waals surface area contributed by atoms with Crippen LogP contribution in [0.3, 0.4) is 0 Å². The topological polar surface area (TPSA) is 47.6 Å². The molecule has 2 aromatic rings. The van der Waals surface area contributed by atoms with E-state index in [9.17, 15) is 4.79 Å². The van der Waals surface area contributed by atoms with Gasteiger partial charge in [-0.15, -0.1) is 0 Å². The molecule has 0 aliphatic carbocycles. The van der Waals surface area contributed by atoms with Crippen molar-refractivity contribution in [2.45, 2.75) is 6.42 Å². The number of ketones is 1. The van der Waals surface area contributed by atoms with Gasteiger partial charge in [-0.2, -0.15) is 0 Å². The first-order chi connectivity index (χ1) is 10.6. The van der Waals surface area contributed by atoms with Crippen LogP contribution in [-0.4, -0.2) is 26.5 Å². The minimum Gasteiger partial charge on any atom is -0.497 e. The van der Waals surface area contributed by atoms with E-state index in [1.54, 1.807) is 44.6 Å². The molecule has 0 fully saturated rings. The highest BCUT2D eigenvalue weighted by Crippen LogP contribution is 2.28. The zero-order chi connectivity index (χ0) is 15.9. The Morgan fingerprint density at radius 2 is 1.82 bits per heavy atom. The van der Waals surface area contributed by atoms with Crippen molar-refractivity contribution in [3.05, 3.63) is 53.1 Å². The monoisotopic (exact) mass is 319 g/mol. The Labute approximate surface area is 135 Å². The summed E-state index contributed by atoms with van der Waals surface area (Å²) >= 11 is 5.81. The molecule has 1 N–H and O–H groups in total. The number of anilines is 1. The molecule has 2 rings (SSSR count). The Morgan fingerprint density at radius 3 is 2.45 bits per heavy atom. The van der Waals surface area contributed by atoms with E-state index >= 15 is 0 Å². The van der Waals surface area contributed by atoms with Crippen molar-refractivity contribution in [3.8, 4) is 11.5 Å². The number of benzene rings is 2. The molecule has 0 amide bonds. The van der Waals surface area contributed by atoms with Gasteiger partial charge < -0.3 is 14.8 Å². The summed E-state index contributed by atoms with van der Waals surface area (Å²) in [4.78, 5) is 12.1. The smallest absolute Gasteiger partial charge is 0.164 e. The molecule has 0 radical (unpaired) electrons. The second-order valence-corrected chi connectivity index (χ2v) is 5.11. The van der Waals surface area contributed by atoms with Gasteiger partial charge in [0.2, 0.25) is 0 Å². The number of halogens is 1. The Bertz CT molecular complexity index is 641. The average molecular weight is 320 g/mol. The molecule has 0 aromatic heterocycles. The molecule has 22 heavy (non-hydrogen) atoms. The number of nitrogens with one attached hydrogen (secondary N) is 1. The number of Topliss-reactive ketones (excluding diaryl/α,β-unsaturated/α-hetero) is 1. The molecule has 0 bridgehead atoms. The Balaban J connectivity index is 1.93. The molecule has 0 saturated heterocycles. The van der Waals surface area contributed by atoms with Crippen LogP contribution < -0.4 is 14.8 Å². The summed E-state index contributed by atoms with van der Waals surface area (Å²) in [5.74, 6) is 1.47. The molecule has 0 aliphatic heterocycles. The van der Waals surface area contributed by atoms with Gasteiger partial charge in [0.25, 0.3) is 0 Å². The van der Waals surface area contributed by atoms with Crippen LogP contribution in [-0.2, 0) is 0 Å². The van der Waals surface area contributed by atoms with Crippen LogP contribution in [0, 0.1) is 0 Å². The lowest BCUT2D eigenvalue weighted by atomic mass is 10.1. The molecular weight excluding hydrogens is 302 g/mol. The molecule has 0 heterocycles. The largest absolute Gasteiger partial charge is 0.497 e. The van der Waals surface area contributed by atoms with Crippen LogP contribution in [0.25, 0.3) is 0 Å². The van der Waals surface area contributed by atoms with Gasteiger partial charge in [-0.05, 0) is 36.4 Å². The highest BCUT2D eigenvalue weighted by molar-refractivity contribution is 6.30. The van der Waals surface area contributed by atoms with Gasteiger partial charge in [-0.1, -0.05) is 11.6 Å². The minimum atomic E-state index is 0.0663. The van der Waals surface area contributed by atoms with Gasteiger partial charge in [0, 0.05) is 29.6 Å². The normalized spacial score (nSPS) is 10.1. The summed E-state index contributed by atoms with van der Waals surface area (Å²) in [7, 11) is 3.20. The van der Waals surface area contributed by atoms with Gasteiger partial charge in [0.15, 0.2) is 5.78 Å². The van der Waals surface area contributed by atoms with Gasteiger partial charge in [0.1, 0.15) is 11.5 Å². The highest BCUT2D eigenvalue weighted by atomic mass is 35.5. The maximum Gasteiger partial charge on any atom is 0.164 e. The van der Waals surface area contributed by atoms with Gasteiger partial charge in [-0.25, -0.2) is 0 Å². The summed E-state index contributed by atoms with van der Waals surface area (Å²) in [6, 6.07) is 12.4. The molecule has 0 spiro atoms.